The topological polar surface area (TPSA) is 68.7 Å². The van der Waals surface area contributed by atoms with E-state index in [-0.39, 0.29) is 0 Å². The van der Waals surface area contributed by atoms with Gasteiger partial charge in [0.25, 0.3) is 0 Å². The third kappa shape index (κ3) is 3.56. The first-order valence-electron chi connectivity index (χ1n) is 8.63. The van der Waals surface area contributed by atoms with Gasteiger partial charge in [0.1, 0.15) is 23.7 Å². The molecule has 3 heterocycles. The number of nitrogens with zero attached hydrogens (tertiary/aromatic N) is 3. The summed E-state index contributed by atoms with van der Waals surface area (Å²) in [5.41, 5.74) is 0.759. The summed E-state index contributed by atoms with van der Waals surface area (Å²) in [6.45, 7) is 3.03. The number of benzene rings is 1. The number of halogens is 1. The monoisotopic (exact) mass is 376 g/mol. The zero-order chi connectivity index (χ0) is 18.0. The molecule has 2 aliphatic rings. The number of rotatable bonds is 4. The molecule has 8 heteroatoms. The van der Waals surface area contributed by atoms with Gasteiger partial charge in [0.05, 0.1) is 26.0 Å². The van der Waals surface area contributed by atoms with Crippen molar-refractivity contribution >= 4 is 28.9 Å². The van der Waals surface area contributed by atoms with Crippen molar-refractivity contribution in [1.82, 2.24) is 9.97 Å². The highest BCUT2D eigenvalue weighted by Gasteiger charge is 2.40. The number of hydrogen-bond donors (Lipinski definition) is 1. The summed E-state index contributed by atoms with van der Waals surface area (Å²) in [7, 11) is 1.62. The lowest BCUT2D eigenvalue weighted by atomic mass is 10.0. The normalized spacial score (nSPS) is 18.9. The molecule has 26 heavy (non-hydrogen) atoms. The molecule has 138 valence electrons. The Labute approximate surface area is 157 Å². The third-order valence-corrected chi connectivity index (χ3v) is 4.97. The molecular weight excluding hydrogens is 356 g/mol. The summed E-state index contributed by atoms with van der Waals surface area (Å²) in [6, 6.07) is 7.34. The van der Waals surface area contributed by atoms with Crippen molar-refractivity contribution in [1.29, 1.82) is 0 Å². The van der Waals surface area contributed by atoms with Gasteiger partial charge in [-0.1, -0.05) is 11.6 Å². The van der Waals surface area contributed by atoms with Crippen LogP contribution in [0.25, 0.3) is 0 Å². The van der Waals surface area contributed by atoms with Gasteiger partial charge in [0.15, 0.2) is 5.79 Å². The minimum atomic E-state index is -0.390. The Kier molecular flexibility index (Phi) is 4.84. The molecule has 4 rings (SSSR count). The second-order valence-electron chi connectivity index (χ2n) is 6.33. The van der Waals surface area contributed by atoms with Crippen molar-refractivity contribution < 1.29 is 14.2 Å². The van der Waals surface area contributed by atoms with Crippen LogP contribution < -0.4 is 15.0 Å². The van der Waals surface area contributed by atoms with Gasteiger partial charge in [0, 0.05) is 37.0 Å². The largest absolute Gasteiger partial charge is 0.495 e. The van der Waals surface area contributed by atoms with E-state index < -0.39 is 5.79 Å². The summed E-state index contributed by atoms with van der Waals surface area (Å²) in [6.07, 6.45) is 3.23. The Balaban J connectivity index is 1.48. The van der Waals surface area contributed by atoms with Crippen LogP contribution in [0.3, 0.4) is 0 Å². The zero-order valence-electron chi connectivity index (χ0n) is 14.6. The van der Waals surface area contributed by atoms with Crippen molar-refractivity contribution in [2.75, 3.05) is 43.6 Å². The average Bonchev–Trinajstić information content (AvgIpc) is 3.11. The molecule has 0 atom stereocenters. The Morgan fingerprint density at radius 1 is 1.15 bits per heavy atom. The van der Waals surface area contributed by atoms with Gasteiger partial charge in [-0.2, -0.15) is 0 Å². The lowest BCUT2D eigenvalue weighted by molar-refractivity contribution is -0.169. The van der Waals surface area contributed by atoms with E-state index in [0.717, 1.165) is 37.4 Å². The van der Waals surface area contributed by atoms with Gasteiger partial charge < -0.3 is 24.4 Å². The highest BCUT2D eigenvalue weighted by molar-refractivity contribution is 6.31. The molecule has 1 N–H and O–H groups in total. The van der Waals surface area contributed by atoms with Crippen LogP contribution in [0.15, 0.2) is 30.6 Å². The average molecular weight is 377 g/mol. The first kappa shape index (κ1) is 17.3. The number of anilines is 3. The molecule has 1 spiro atoms. The van der Waals surface area contributed by atoms with Gasteiger partial charge in [-0.25, -0.2) is 9.97 Å². The van der Waals surface area contributed by atoms with E-state index in [1.54, 1.807) is 19.5 Å². The van der Waals surface area contributed by atoms with E-state index in [0.29, 0.717) is 29.8 Å². The Morgan fingerprint density at radius 3 is 2.65 bits per heavy atom. The molecule has 0 aliphatic carbocycles. The lowest BCUT2D eigenvalue weighted by Crippen LogP contribution is -2.45. The number of hydrogen-bond acceptors (Lipinski definition) is 7. The summed E-state index contributed by atoms with van der Waals surface area (Å²) in [5.74, 6) is 1.87. The highest BCUT2D eigenvalue weighted by Crippen LogP contribution is 2.34. The SMILES string of the molecule is COc1ccc(Cl)cc1Nc1cc(N2CCC3(CC2)OCCO3)ncn1. The van der Waals surface area contributed by atoms with E-state index in [2.05, 4.69) is 20.2 Å². The minimum Gasteiger partial charge on any atom is -0.495 e. The van der Waals surface area contributed by atoms with Gasteiger partial charge >= 0.3 is 0 Å². The van der Waals surface area contributed by atoms with Gasteiger partial charge in [-0.3, -0.25) is 0 Å². The van der Waals surface area contributed by atoms with Crippen LogP contribution in [0.5, 0.6) is 5.75 Å². The Bertz CT molecular complexity index is 773. The maximum atomic E-state index is 6.09. The van der Waals surface area contributed by atoms with E-state index in [9.17, 15) is 0 Å². The summed E-state index contributed by atoms with van der Waals surface area (Å²) in [4.78, 5) is 10.9. The quantitative estimate of drug-likeness (QED) is 0.878. The number of nitrogens with one attached hydrogen (secondary N) is 1. The number of aromatic nitrogens is 2. The van der Waals surface area contributed by atoms with Crippen LogP contribution in [-0.2, 0) is 9.47 Å². The standard InChI is InChI=1S/C18H21ClN4O3/c1-24-15-3-2-13(19)10-14(15)22-16-11-17(21-12-20-16)23-6-4-18(5-7-23)25-8-9-26-18/h2-3,10-12H,4-9H2,1H3,(H,20,21,22). The van der Waals surface area contributed by atoms with Crippen LogP contribution in [-0.4, -0.2) is 49.2 Å². The Morgan fingerprint density at radius 2 is 1.92 bits per heavy atom. The number of ether oxygens (including phenoxy) is 3. The fraction of sp³-hybridized carbons (Fsp3) is 0.444. The van der Waals surface area contributed by atoms with E-state index in [1.165, 1.54) is 0 Å². The van der Waals surface area contributed by atoms with Crippen LogP contribution in [0.2, 0.25) is 5.02 Å². The van der Waals surface area contributed by atoms with Crippen molar-refractivity contribution in [2.24, 2.45) is 0 Å². The fourth-order valence-electron chi connectivity index (χ4n) is 3.37. The predicted molar refractivity (Wildman–Crippen MR) is 99.4 cm³/mol. The third-order valence-electron chi connectivity index (χ3n) is 4.74. The first-order valence-corrected chi connectivity index (χ1v) is 9.01. The fourth-order valence-corrected chi connectivity index (χ4v) is 3.54. The summed E-state index contributed by atoms with van der Waals surface area (Å²) in [5, 5.41) is 3.88. The van der Waals surface area contributed by atoms with E-state index in [4.69, 9.17) is 25.8 Å². The molecule has 2 fully saturated rings. The Hall–Kier alpha value is -2.09. The van der Waals surface area contributed by atoms with Gasteiger partial charge in [-0.05, 0) is 18.2 Å². The molecular formula is C18H21ClN4O3. The molecule has 0 unspecified atom stereocenters. The maximum Gasteiger partial charge on any atom is 0.171 e. The molecule has 0 amide bonds. The molecule has 0 saturated carbocycles. The first-order chi connectivity index (χ1) is 12.7. The van der Waals surface area contributed by atoms with Crippen LogP contribution in [0, 0.1) is 0 Å². The number of methoxy groups -OCH3 is 1. The van der Waals surface area contributed by atoms with Crippen molar-refractivity contribution in [3.05, 3.63) is 35.6 Å². The summed E-state index contributed by atoms with van der Waals surface area (Å²) < 4.78 is 16.9. The highest BCUT2D eigenvalue weighted by atomic mass is 35.5. The van der Waals surface area contributed by atoms with Crippen molar-refractivity contribution in [3.8, 4) is 5.75 Å². The van der Waals surface area contributed by atoms with Crippen molar-refractivity contribution in [2.45, 2.75) is 18.6 Å². The summed E-state index contributed by atoms with van der Waals surface area (Å²) >= 11 is 6.09. The molecule has 2 saturated heterocycles. The second-order valence-corrected chi connectivity index (χ2v) is 6.76. The van der Waals surface area contributed by atoms with Crippen LogP contribution in [0.1, 0.15) is 12.8 Å². The predicted octanol–water partition coefficient (Wildman–Crippen LogP) is 3.23. The molecule has 7 nitrogen and oxygen atoms in total. The van der Waals surface area contributed by atoms with E-state index >= 15 is 0 Å². The van der Waals surface area contributed by atoms with Crippen molar-refractivity contribution in [3.63, 3.8) is 0 Å². The molecule has 0 bridgehead atoms. The molecule has 0 radical (unpaired) electrons. The number of piperidine rings is 1. The second kappa shape index (κ2) is 7.26. The zero-order valence-corrected chi connectivity index (χ0v) is 15.3. The van der Waals surface area contributed by atoms with Crippen LogP contribution >= 0.6 is 11.6 Å². The van der Waals surface area contributed by atoms with Gasteiger partial charge in [-0.15, -0.1) is 0 Å². The van der Waals surface area contributed by atoms with Gasteiger partial charge in [0.2, 0.25) is 0 Å². The molecule has 1 aromatic heterocycles. The molecule has 2 aromatic rings. The molecule has 1 aromatic carbocycles. The molecule has 2 aliphatic heterocycles. The lowest BCUT2D eigenvalue weighted by Gasteiger charge is -2.38. The maximum absolute atomic E-state index is 6.09. The van der Waals surface area contributed by atoms with E-state index in [1.807, 2.05) is 18.2 Å². The van der Waals surface area contributed by atoms with Crippen LogP contribution in [0.4, 0.5) is 17.3 Å². The minimum absolute atomic E-state index is 0.390. The smallest absolute Gasteiger partial charge is 0.171 e.